The van der Waals surface area contributed by atoms with E-state index in [0.29, 0.717) is 13.0 Å². The molecule has 0 aliphatic heterocycles. The topological polar surface area (TPSA) is 118 Å². The minimum absolute atomic E-state index is 0.194. The van der Waals surface area contributed by atoms with Crippen molar-refractivity contribution in [2.75, 3.05) is 18.0 Å². The molecule has 0 atom stereocenters. The van der Waals surface area contributed by atoms with Gasteiger partial charge in [0.2, 0.25) is 10.0 Å². The van der Waals surface area contributed by atoms with Gasteiger partial charge in [0.05, 0.1) is 5.69 Å². The molecule has 0 spiro atoms. The molecule has 0 saturated carbocycles. The number of rotatable bonds is 8. The molecule has 3 N–H and O–H groups in total. The van der Waals surface area contributed by atoms with Gasteiger partial charge < -0.3 is 10.0 Å². The Morgan fingerprint density at radius 2 is 1.91 bits per heavy atom. The standard InChI is InChI=1S/C14H20N2O5S/c1-3-7-16(9-14(18)19)11-6-5-10(12(17)4-2)8-13(11)22(15,20)21/h5-6,8H,3-4,7,9H2,1-2H3,(H,18,19)(H2,15,20,21). The largest absolute Gasteiger partial charge is 0.480 e. The molecule has 0 radical (unpaired) electrons. The number of nitrogens with zero attached hydrogens (tertiary/aromatic N) is 1. The molecule has 0 heterocycles. The van der Waals surface area contributed by atoms with E-state index in [9.17, 15) is 18.0 Å². The van der Waals surface area contributed by atoms with Crippen LogP contribution in [-0.4, -0.2) is 38.4 Å². The molecular formula is C14H20N2O5S. The first-order chi connectivity index (χ1) is 10.2. The number of hydrogen-bond donors (Lipinski definition) is 2. The van der Waals surface area contributed by atoms with Gasteiger partial charge in [-0.1, -0.05) is 13.8 Å². The highest BCUT2D eigenvalue weighted by Gasteiger charge is 2.21. The Hall–Kier alpha value is -1.93. The number of carbonyl (C=O) groups excluding carboxylic acids is 1. The van der Waals surface area contributed by atoms with Crippen molar-refractivity contribution in [3.8, 4) is 0 Å². The van der Waals surface area contributed by atoms with E-state index in [1.165, 1.54) is 23.1 Å². The average Bonchev–Trinajstić information content (AvgIpc) is 2.44. The summed E-state index contributed by atoms with van der Waals surface area (Å²) in [6.07, 6.45) is 0.865. The first-order valence-corrected chi connectivity index (χ1v) is 8.42. The van der Waals surface area contributed by atoms with E-state index in [0.717, 1.165) is 0 Å². The minimum atomic E-state index is -4.08. The molecule has 1 aromatic rings. The minimum Gasteiger partial charge on any atom is -0.480 e. The molecule has 0 saturated heterocycles. The molecule has 0 aliphatic carbocycles. The molecular weight excluding hydrogens is 308 g/mol. The van der Waals surface area contributed by atoms with Crippen LogP contribution in [0.4, 0.5) is 5.69 Å². The fourth-order valence-electron chi connectivity index (χ4n) is 2.10. The van der Waals surface area contributed by atoms with Crippen LogP contribution in [0.2, 0.25) is 0 Å². The number of carboxylic acids is 1. The first kappa shape index (κ1) is 18.1. The van der Waals surface area contributed by atoms with Crippen LogP contribution in [0.3, 0.4) is 0 Å². The van der Waals surface area contributed by atoms with E-state index >= 15 is 0 Å². The zero-order chi connectivity index (χ0) is 16.9. The summed E-state index contributed by atoms with van der Waals surface area (Å²) in [6, 6.07) is 4.13. The van der Waals surface area contributed by atoms with Gasteiger partial charge in [-0.05, 0) is 24.6 Å². The van der Waals surface area contributed by atoms with E-state index in [2.05, 4.69) is 0 Å². The monoisotopic (exact) mass is 328 g/mol. The molecule has 8 heteroatoms. The summed E-state index contributed by atoms with van der Waals surface area (Å²) in [5.74, 6) is -1.29. The SMILES string of the molecule is CCCN(CC(=O)O)c1ccc(C(=O)CC)cc1S(N)(=O)=O. The highest BCUT2D eigenvalue weighted by molar-refractivity contribution is 7.89. The van der Waals surface area contributed by atoms with Gasteiger partial charge in [0.25, 0.3) is 0 Å². The number of carboxylic acid groups (broad SMARTS) is 1. The third kappa shape index (κ3) is 4.54. The molecule has 7 nitrogen and oxygen atoms in total. The lowest BCUT2D eigenvalue weighted by Crippen LogP contribution is -2.32. The van der Waals surface area contributed by atoms with Crippen LogP contribution in [0.15, 0.2) is 23.1 Å². The van der Waals surface area contributed by atoms with E-state index in [1.54, 1.807) is 6.92 Å². The molecule has 0 unspecified atom stereocenters. The maximum absolute atomic E-state index is 11.8. The van der Waals surface area contributed by atoms with Gasteiger partial charge in [-0.25, -0.2) is 13.6 Å². The summed E-state index contributed by atoms with van der Waals surface area (Å²) in [7, 11) is -4.08. The Morgan fingerprint density at radius 3 is 2.36 bits per heavy atom. The van der Waals surface area contributed by atoms with Crippen molar-refractivity contribution >= 4 is 27.5 Å². The van der Waals surface area contributed by atoms with E-state index in [1.807, 2.05) is 6.92 Å². The van der Waals surface area contributed by atoms with Crippen molar-refractivity contribution in [1.82, 2.24) is 0 Å². The van der Waals surface area contributed by atoms with Gasteiger partial charge in [-0.3, -0.25) is 9.59 Å². The fourth-order valence-corrected chi connectivity index (χ4v) is 2.88. The van der Waals surface area contributed by atoms with Crippen LogP contribution in [0.25, 0.3) is 0 Å². The number of primary sulfonamides is 1. The van der Waals surface area contributed by atoms with Crippen LogP contribution < -0.4 is 10.0 Å². The lowest BCUT2D eigenvalue weighted by atomic mass is 10.1. The smallest absolute Gasteiger partial charge is 0.323 e. The van der Waals surface area contributed by atoms with Crippen molar-refractivity contribution < 1.29 is 23.1 Å². The molecule has 122 valence electrons. The zero-order valence-electron chi connectivity index (χ0n) is 12.6. The number of ketones is 1. The highest BCUT2D eigenvalue weighted by Crippen LogP contribution is 2.26. The molecule has 0 aliphatic rings. The van der Waals surface area contributed by atoms with Gasteiger partial charge in [0.15, 0.2) is 5.78 Å². The Morgan fingerprint density at radius 1 is 1.27 bits per heavy atom. The molecule has 0 aromatic heterocycles. The van der Waals surface area contributed by atoms with E-state index in [-0.39, 0.29) is 34.9 Å². The number of carbonyl (C=O) groups is 2. The van der Waals surface area contributed by atoms with Gasteiger partial charge in [0, 0.05) is 18.5 Å². The molecule has 0 bridgehead atoms. The van der Waals surface area contributed by atoms with Crippen molar-refractivity contribution in [3.05, 3.63) is 23.8 Å². The summed E-state index contributed by atoms with van der Waals surface area (Å²) in [5.41, 5.74) is 0.432. The van der Waals surface area contributed by atoms with E-state index < -0.39 is 16.0 Å². The molecule has 0 fully saturated rings. The Balaban J connectivity index is 3.44. The predicted octanol–water partition coefficient (Wildman–Crippen LogP) is 1.23. The van der Waals surface area contributed by atoms with Crippen molar-refractivity contribution in [1.29, 1.82) is 0 Å². The number of sulfonamides is 1. The lowest BCUT2D eigenvalue weighted by Gasteiger charge is -2.24. The maximum Gasteiger partial charge on any atom is 0.323 e. The molecule has 1 rings (SSSR count). The lowest BCUT2D eigenvalue weighted by molar-refractivity contribution is -0.135. The number of anilines is 1. The summed E-state index contributed by atoms with van der Waals surface area (Å²) >= 11 is 0. The second-order valence-corrected chi connectivity index (χ2v) is 6.35. The second kappa shape index (κ2) is 7.37. The fraction of sp³-hybridized carbons (Fsp3) is 0.429. The predicted molar refractivity (Wildman–Crippen MR) is 82.6 cm³/mol. The van der Waals surface area contributed by atoms with Crippen molar-refractivity contribution in [2.45, 2.75) is 31.6 Å². The van der Waals surface area contributed by atoms with E-state index in [4.69, 9.17) is 10.2 Å². The van der Waals surface area contributed by atoms with Gasteiger partial charge in [-0.15, -0.1) is 0 Å². The second-order valence-electron chi connectivity index (χ2n) is 4.82. The quantitative estimate of drug-likeness (QED) is 0.693. The van der Waals surface area contributed by atoms with Gasteiger partial charge in [0.1, 0.15) is 11.4 Å². The normalized spacial score (nSPS) is 11.2. The number of hydrogen-bond acceptors (Lipinski definition) is 5. The zero-order valence-corrected chi connectivity index (χ0v) is 13.4. The Kier molecular flexibility index (Phi) is 6.07. The van der Waals surface area contributed by atoms with Crippen LogP contribution in [-0.2, 0) is 14.8 Å². The number of aliphatic carboxylic acids is 1. The molecule has 1 aromatic carbocycles. The highest BCUT2D eigenvalue weighted by atomic mass is 32.2. The van der Waals surface area contributed by atoms with Crippen LogP contribution in [0.1, 0.15) is 37.0 Å². The number of Topliss-reactive ketones (excluding diaryl/α,β-unsaturated/α-hetero) is 1. The maximum atomic E-state index is 11.8. The Bertz CT molecular complexity index is 670. The number of benzene rings is 1. The molecule has 0 amide bonds. The number of nitrogens with two attached hydrogens (primary N) is 1. The Labute approximate surface area is 129 Å². The van der Waals surface area contributed by atoms with Crippen molar-refractivity contribution in [3.63, 3.8) is 0 Å². The molecule has 22 heavy (non-hydrogen) atoms. The van der Waals surface area contributed by atoms with Crippen molar-refractivity contribution in [2.24, 2.45) is 5.14 Å². The third-order valence-electron chi connectivity index (χ3n) is 3.07. The van der Waals surface area contributed by atoms with Crippen LogP contribution in [0.5, 0.6) is 0 Å². The van der Waals surface area contributed by atoms with Gasteiger partial charge >= 0.3 is 5.97 Å². The third-order valence-corrected chi connectivity index (χ3v) is 4.01. The summed E-state index contributed by atoms with van der Waals surface area (Å²) in [4.78, 5) is 23.9. The summed E-state index contributed by atoms with van der Waals surface area (Å²) < 4.78 is 23.6. The van der Waals surface area contributed by atoms with Crippen LogP contribution in [0, 0.1) is 0 Å². The van der Waals surface area contributed by atoms with Gasteiger partial charge in [-0.2, -0.15) is 0 Å². The summed E-state index contributed by atoms with van der Waals surface area (Å²) in [6.45, 7) is 3.52. The van der Waals surface area contributed by atoms with Crippen LogP contribution >= 0.6 is 0 Å². The average molecular weight is 328 g/mol. The summed E-state index contributed by atoms with van der Waals surface area (Å²) in [5, 5.41) is 14.2. The first-order valence-electron chi connectivity index (χ1n) is 6.87.